The summed E-state index contributed by atoms with van der Waals surface area (Å²) in [6, 6.07) is 9.97. The molecule has 0 aliphatic heterocycles. The number of hydrogen-bond donors (Lipinski definition) is 2. The van der Waals surface area contributed by atoms with Crippen molar-refractivity contribution in [3.63, 3.8) is 0 Å². The second-order valence-corrected chi connectivity index (χ2v) is 5.19. The highest BCUT2D eigenvalue weighted by Gasteiger charge is 2.12. The zero-order chi connectivity index (χ0) is 17.3. The molecule has 5 nitrogen and oxygen atoms in total. The predicted molar refractivity (Wildman–Crippen MR) is 84.0 cm³/mol. The minimum atomic E-state index is -1.06. The summed E-state index contributed by atoms with van der Waals surface area (Å²) in [4.78, 5) is 11.3. The fraction of sp³-hybridized carbons (Fsp3) is 0.118. The molecule has 0 aliphatic rings. The van der Waals surface area contributed by atoms with Gasteiger partial charge in [0.05, 0.1) is 12.1 Å². The Hall–Kier alpha value is -3.09. The minimum Gasteiger partial charge on any atom is -0.494 e. The Morgan fingerprint density at radius 2 is 2.00 bits per heavy atom. The number of nitrogens with two attached hydrogens (primary N) is 1. The first-order valence-corrected chi connectivity index (χ1v) is 7.16. The van der Waals surface area contributed by atoms with Gasteiger partial charge in [-0.2, -0.15) is 4.39 Å². The Kier molecular flexibility index (Phi) is 4.07. The van der Waals surface area contributed by atoms with Gasteiger partial charge in [-0.05, 0) is 24.3 Å². The van der Waals surface area contributed by atoms with Crippen LogP contribution >= 0.6 is 0 Å². The molecule has 0 bridgehead atoms. The molecule has 1 heterocycles. The van der Waals surface area contributed by atoms with Crippen molar-refractivity contribution < 1.29 is 23.4 Å². The molecule has 3 aromatic rings. The van der Waals surface area contributed by atoms with Crippen LogP contribution in [0, 0.1) is 11.6 Å². The van der Waals surface area contributed by atoms with E-state index in [1.54, 1.807) is 18.2 Å². The molecule has 2 aromatic carbocycles. The first-order chi connectivity index (χ1) is 11.5. The lowest BCUT2D eigenvalue weighted by Gasteiger charge is -2.10. The predicted octanol–water partition coefficient (Wildman–Crippen LogP) is 2.80. The van der Waals surface area contributed by atoms with E-state index in [-0.39, 0.29) is 24.8 Å². The van der Waals surface area contributed by atoms with E-state index in [1.165, 1.54) is 22.8 Å². The van der Waals surface area contributed by atoms with Crippen molar-refractivity contribution in [2.75, 3.05) is 6.61 Å². The quantitative estimate of drug-likeness (QED) is 0.754. The van der Waals surface area contributed by atoms with E-state index < -0.39 is 17.5 Å². The van der Waals surface area contributed by atoms with Crippen LogP contribution in [0.4, 0.5) is 8.78 Å². The molecule has 1 amide bonds. The van der Waals surface area contributed by atoms with E-state index in [0.717, 1.165) is 11.5 Å². The molecule has 3 rings (SSSR count). The third-order valence-electron chi connectivity index (χ3n) is 3.66. The van der Waals surface area contributed by atoms with Crippen LogP contribution in [0.15, 0.2) is 42.5 Å². The molecular weight excluding hydrogens is 318 g/mol. The number of rotatable bonds is 5. The number of hydrogen-bond acceptors (Lipinski definition) is 3. The van der Waals surface area contributed by atoms with E-state index in [2.05, 4.69) is 0 Å². The van der Waals surface area contributed by atoms with E-state index in [9.17, 15) is 18.7 Å². The van der Waals surface area contributed by atoms with Crippen LogP contribution in [0.5, 0.6) is 11.6 Å². The molecule has 7 heteroatoms. The van der Waals surface area contributed by atoms with Gasteiger partial charge in [-0.1, -0.05) is 12.1 Å². The van der Waals surface area contributed by atoms with Crippen molar-refractivity contribution in [2.45, 2.75) is 6.54 Å². The third kappa shape index (κ3) is 2.88. The van der Waals surface area contributed by atoms with E-state index in [4.69, 9.17) is 10.5 Å². The van der Waals surface area contributed by atoms with Crippen LogP contribution in [0.2, 0.25) is 0 Å². The van der Waals surface area contributed by atoms with Gasteiger partial charge in [0.2, 0.25) is 11.7 Å². The maximum absolute atomic E-state index is 13.5. The number of carbonyl (C=O) groups is 1. The van der Waals surface area contributed by atoms with Gasteiger partial charge in [0.25, 0.3) is 0 Å². The maximum atomic E-state index is 13.5. The maximum Gasteiger partial charge on any atom is 0.248 e. The summed E-state index contributed by atoms with van der Waals surface area (Å²) < 4.78 is 33.4. The van der Waals surface area contributed by atoms with Crippen molar-refractivity contribution in [1.82, 2.24) is 4.57 Å². The molecule has 3 N–H and O–H groups in total. The largest absolute Gasteiger partial charge is 0.494 e. The average Bonchev–Trinajstić information content (AvgIpc) is 2.86. The van der Waals surface area contributed by atoms with Gasteiger partial charge in [-0.25, -0.2) is 4.39 Å². The fourth-order valence-corrected chi connectivity index (χ4v) is 2.47. The highest BCUT2D eigenvalue weighted by atomic mass is 19.2. The SMILES string of the molecule is NC(=O)c1ccc2cc(O)n(CCOc3cccc(F)c3F)c2c1. The number of benzene rings is 2. The number of amides is 1. The standard InChI is InChI=1S/C17H14F2N2O3/c18-12-2-1-3-14(16(12)19)24-7-6-21-13-8-11(17(20)23)5-4-10(13)9-15(21)22/h1-5,8-9,22H,6-7H2,(H2,20,23). The first kappa shape index (κ1) is 15.8. The smallest absolute Gasteiger partial charge is 0.248 e. The summed E-state index contributed by atoms with van der Waals surface area (Å²) in [5.74, 6) is -2.87. The van der Waals surface area contributed by atoms with E-state index in [1.807, 2.05) is 0 Å². The van der Waals surface area contributed by atoms with Crippen molar-refractivity contribution in [3.8, 4) is 11.6 Å². The van der Waals surface area contributed by atoms with E-state index >= 15 is 0 Å². The number of halogens is 2. The summed E-state index contributed by atoms with van der Waals surface area (Å²) in [6.07, 6.45) is 0. The molecule has 0 radical (unpaired) electrons. The first-order valence-electron chi connectivity index (χ1n) is 7.16. The summed E-state index contributed by atoms with van der Waals surface area (Å²) in [5, 5.41) is 10.7. The van der Waals surface area contributed by atoms with Crippen molar-refractivity contribution in [3.05, 3.63) is 59.7 Å². The molecular formula is C17H14F2N2O3. The number of nitrogens with zero attached hydrogens (tertiary/aromatic N) is 1. The van der Waals surface area contributed by atoms with Gasteiger partial charge < -0.3 is 20.1 Å². The summed E-state index contributed by atoms with van der Waals surface area (Å²) in [6.45, 7) is 0.173. The Bertz CT molecular complexity index is 922. The normalized spacial score (nSPS) is 10.9. The van der Waals surface area contributed by atoms with Crippen LogP contribution in [0.1, 0.15) is 10.4 Å². The fourth-order valence-electron chi connectivity index (χ4n) is 2.47. The zero-order valence-corrected chi connectivity index (χ0v) is 12.5. The average molecular weight is 332 g/mol. The second-order valence-electron chi connectivity index (χ2n) is 5.19. The van der Waals surface area contributed by atoms with Crippen LogP contribution in [0.3, 0.4) is 0 Å². The Labute approximate surface area is 135 Å². The Morgan fingerprint density at radius 1 is 1.21 bits per heavy atom. The molecule has 0 aliphatic carbocycles. The van der Waals surface area contributed by atoms with Gasteiger partial charge in [0, 0.05) is 17.0 Å². The molecule has 0 unspecified atom stereocenters. The highest BCUT2D eigenvalue weighted by molar-refractivity contribution is 5.97. The number of ether oxygens (including phenoxy) is 1. The van der Waals surface area contributed by atoms with Gasteiger partial charge in [-0.15, -0.1) is 0 Å². The number of fused-ring (bicyclic) bond motifs is 1. The third-order valence-corrected chi connectivity index (χ3v) is 3.66. The highest BCUT2D eigenvalue weighted by Crippen LogP contribution is 2.26. The topological polar surface area (TPSA) is 77.5 Å². The molecule has 0 saturated heterocycles. The molecule has 1 aromatic heterocycles. The Balaban J connectivity index is 1.82. The van der Waals surface area contributed by atoms with Crippen LogP contribution in [-0.2, 0) is 6.54 Å². The van der Waals surface area contributed by atoms with E-state index in [0.29, 0.717) is 11.1 Å². The molecule has 0 atom stereocenters. The van der Waals surface area contributed by atoms with Gasteiger partial charge in [-0.3, -0.25) is 4.79 Å². The monoisotopic (exact) mass is 332 g/mol. The van der Waals surface area contributed by atoms with Crippen molar-refractivity contribution in [1.29, 1.82) is 0 Å². The van der Waals surface area contributed by atoms with Crippen molar-refractivity contribution >= 4 is 16.8 Å². The molecule has 124 valence electrons. The molecule has 0 spiro atoms. The number of primary amides is 1. The number of aromatic nitrogens is 1. The molecule has 0 fully saturated rings. The Morgan fingerprint density at radius 3 is 2.75 bits per heavy atom. The minimum absolute atomic E-state index is 0.00148. The lowest BCUT2D eigenvalue weighted by atomic mass is 10.1. The number of aromatic hydroxyl groups is 1. The molecule has 24 heavy (non-hydrogen) atoms. The van der Waals surface area contributed by atoms with Crippen LogP contribution in [-0.4, -0.2) is 22.2 Å². The molecule has 0 saturated carbocycles. The summed E-state index contributed by atoms with van der Waals surface area (Å²) in [5.41, 5.74) is 6.15. The zero-order valence-electron chi connectivity index (χ0n) is 12.5. The van der Waals surface area contributed by atoms with Gasteiger partial charge >= 0.3 is 0 Å². The summed E-state index contributed by atoms with van der Waals surface area (Å²) in [7, 11) is 0. The van der Waals surface area contributed by atoms with Crippen LogP contribution < -0.4 is 10.5 Å². The number of carbonyl (C=O) groups excluding carboxylic acids is 1. The van der Waals surface area contributed by atoms with Crippen molar-refractivity contribution in [2.24, 2.45) is 5.73 Å². The second kappa shape index (κ2) is 6.19. The van der Waals surface area contributed by atoms with Gasteiger partial charge in [0.1, 0.15) is 6.61 Å². The van der Waals surface area contributed by atoms with Gasteiger partial charge in [0.15, 0.2) is 17.4 Å². The lowest BCUT2D eigenvalue weighted by molar-refractivity contribution is 0.100. The van der Waals surface area contributed by atoms with Crippen LogP contribution in [0.25, 0.3) is 10.9 Å². The summed E-state index contributed by atoms with van der Waals surface area (Å²) >= 11 is 0. The lowest BCUT2D eigenvalue weighted by Crippen LogP contribution is -2.12.